The Balaban J connectivity index is 0. The molecule has 23 heavy (non-hydrogen) atoms. The van der Waals surface area contributed by atoms with E-state index in [-0.39, 0.29) is 52.3 Å². The summed E-state index contributed by atoms with van der Waals surface area (Å²) in [7, 11) is -4.13. The zero-order chi connectivity index (χ0) is 17.9. The van der Waals surface area contributed by atoms with Crippen molar-refractivity contribution in [1.29, 1.82) is 0 Å². The predicted molar refractivity (Wildman–Crippen MR) is 92.3 cm³/mol. The molecule has 0 fully saturated rings. The van der Waals surface area contributed by atoms with Crippen LogP contribution in [0.2, 0.25) is 0 Å². The van der Waals surface area contributed by atoms with Crippen LogP contribution in [0.3, 0.4) is 0 Å². The summed E-state index contributed by atoms with van der Waals surface area (Å²) >= 11 is 0. The number of aromatic hydroxyl groups is 1. The van der Waals surface area contributed by atoms with Crippen molar-refractivity contribution in [2.45, 2.75) is 65.5 Å². The number of hydrogen-bond donors (Lipinski definition) is 3. The second-order valence-corrected chi connectivity index (χ2v) is 9.01. The zero-order valence-electron chi connectivity index (χ0n) is 15.8. The Morgan fingerprint density at radius 2 is 1.26 bits per heavy atom. The quantitative estimate of drug-likeness (QED) is 0.428. The van der Waals surface area contributed by atoms with E-state index in [1.54, 1.807) is 19.1 Å². The minimum Gasteiger partial charge on any atom is -0.507 e. The molecule has 0 amide bonds. The zero-order valence-corrected chi connectivity index (χ0v) is 18.7. The van der Waals surface area contributed by atoms with Crippen LogP contribution in [0.25, 0.3) is 0 Å². The maximum Gasteiger partial charge on any atom is 1.00 e. The summed E-state index contributed by atoms with van der Waals surface area (Å²) in [5.41, 5.74) is 1.40. The summed E-state index contributed by atoms with van der Waals surface area (Å²) in [6.45, 7) is 16.8. The minimum atomic E-state index is -4.13. The van der Waals surface area contributed by atoms with Crippen molar-refractivity contribution in [2.75, 3.05) is 0 Å². The Labute approximate surface area is 163 Å². The van der Waals surface area contributed by atoms with E-state index in [1.165, 1.54) is 0 Å². The molecule has 0 heterocycles. The molecule has 0 atom stereocenters. The van der Waals surface area contributed by atoms with E-state index in [0.29, 0.717) is 16.7 Å². The standard InChI is InChI=1S/C15H25O4P.C2H5.Na/c1-14(2,3)11-7-10(9-20(17,18)19)8-12(13(11)16)15(4,5)6;1-2;/h7-8,16H,9H2,1-6H3,(H2,17,18,19);1H2,2H3;/q;-1;+1. The van der Waals surface area contributed by atoms with Crippen LogP contribution in [0, 0.1) is 6.92 Å². The SMILES string of the molecule is CC(C)(C)c1cc(CP(=O)(O)O)cc(C(C)(C)C)c1O.[CH2-]C.[Na+]. The van der Waals surface area contributed by atoms with Gasteiger partial charge < -0.3 is 21.8 Å². The normalized spacial score (nSPS) is 12.1. The molecule has 0 aromatic heterocycles. The molecular weight excluding hydrogens is 322 g/mol. The molecule has 0 aliphatic carbocycles. The molecule has 6 heteroatoms. The number of benzene rings is 1. The first-order chi connectivity index (χ1) is 9.72. The Morgan fingerprint density at radius 3 is 1.48 bits per heavy atom. The van der Waals surface area contributed by atoms with Crippen LogP contribution < -0.4 is 29.6 Å². The third-order valence-electron chi connectivity index (χ3n) is 3.17. The molecule has 1 aromatic rings. The van der Waals surface area contributed by atoms with Crippen molar-refractivity contribution < 1.29 is 49.0 Å². The molecule has 0 saturated carbocycles. The summed E-state index contributed by atoms with van der Waals surface area (Å²) in [4.78, 5) is 18.4. The van der Waals surface area contributed by atoms with E-state index >= 15 is 0 Å². The first kappa shape index (κ1) is 25.4. The van der Waals surface area contributed by atoms with Gasteiger partial charge in [-0.1, -0.05) is 53.7 Å². The molecule has 128 valence electrons. The molecule has 1 aromatic carbocycles. The number of hydrogen-bond acceptors (Lipinski definition) is 2. The monoisotopic (exact) mass is 352 g/mol. The molecule has 4 nitrogen and oxygen atoms in total. The molecular formula is C17H30NaO4P. The molecule has 0 saturated heterocycles. The van der Waals surface area contributed by atoms with Crippen molar-refractivity contribution >= 4 is 7.60 Å². The van der Waals surface area contributed by atoms with Gasteiger partial charge in [0.2, 0.25) is 0 Å². The maximum absolute atomic E-state index is 11.2. The van der Waals surface area contributed by atoms with Crippen LogP contribution in [0.15, 0.2) is 12.1 Å². The topological polar surface area (TPSA) is 77.8 Å². The van der Waals surface area contributed by atoms with E-state index in [0.717, 1.165) is 0 Å². The van der Waals surface area contributed by atoms with Gasteiger partial charge in [0, 0.05) is 0 Å². The molecule has 1 rings (SSSR count). The van der Waals surface area contributed by atoms with E-state index in [1.807, 2.05) is 41.5 Å². The summed E-state index contributed by atoms with van der Waals surface area (Å²) in [5.74, 6) is 0.222. The fraction of sp³-hybridized carbons (Fsp3) is 0.588. The average molecular weight is 352 g/mol. The molecule has 0 bridgehead atoms. The summed E-state index contributed by atoms with van der Waals surface area (Å²) in [6, 6.07) is 3.40. The van der Waals surface area contributed by atoms with Crippen molar-refractivity contribution in [1.82, 2.24) is 0 Å². The van der Waals surface area contributed by atoms with Crippen molar-refractivity contribution in [3.05, 3.63) is 35.7 Å². The van der Waals surface area contributed by atoms with Crippen LogP contribution in [0.1, 0.15) is 65.2 Å². The van der Waals surface area contributed by atoms with Gasteiger partial charge in [-0.05, 0) is 27.5 Å². The van der Waals surface area contributed by atoms with Gasteiger partial charge in [0.25, 0.3) is 0 Å². The van der Waals surface area contributed by atoms with Crippen molar-refractivity contribution in [3.63, 3.8) is 0 Å². The van der Waals surface area contributed by atoms with E-state index in [9.17, 15) is 19.5 Å². The Kier molecular flexibility index (Phi) is 9.98. The second-order valence-electron chi connectivity index (χ2n) is 7.36. The van der Waals surface area contributed by atoms with Crippen LogP contribution in [-0.4, -0.2) is 14.9 Å². The Hall–Kier alpha value is 0.170. The van der Waals surface area contributed by atoms with Gasteiger partial charge in [-0.2, -0.15) is 6.92 Å². The van der Waals surface area contributed by atoms with Crippen LogP contribution in [0.4, 0.5) is 0 Å². The first-order valence-electron chi connectivity index (χ1n) is 7.34. The van der Waals surface area contributed by atoms with Gasteiger partial charge in [-0.3, -0.25) is 4.57 Å². The molecule has 3 N–H and O–H groups in total. The van der Waals surface area contributed by atoms with Crippen LogP contribution in [0.5, 0.6) is 5.75 Å². The number of phenolic OH excluding ortho intramolecular Hbond substituents is 1. The van der Waals surface area contributed by atoms with Gasteiger partial charge in [0.15, 0.2) is 0 Å². The molecule has 0 radical (unpaired) electrons. The molecule has 0 unspecified atom stereocenters. The predicted octanol–water partition coefficient (Wildman–Crippen LogP) is 1.51. The van der Waals surface area contributed by atoms with Crippen molar-refractivity contribution in [2.24, 2.45) is 0 Å². The fourth-order valence-corrected chi connectivity index (χ4v) is 2.83. The van der Waals surface area contributed by atoms with Crippen LogP contribution in [-0.2, 0) is 21.6 Å². The Morgan fingerprint density at radius 1 is 0.957 bits per heavy atom. The third-order valence-corrected chi connectivity index (χ3v) is 3.95. The third kappa shape index (κ3) is 8.20. The Bertz CT molecular complexity index is 516. The van der Waals surface area contributed by atoms with E-state index in [4.69, 9.17) is 0 Å². The van der Waals surface area contributed by atoms with Gasteiger partial charge in [0.1, 0.15) is 5.75 Å². The average Bonchev–Trinajstić information content (AvgIpc) is 2.29. The van der Waals surface area contributed by atoms with Gasteiger partial charge in [0.05, 0.1) is 6.16 Å². The largest absolute Gasteiger partial charge is 1.00 e. The molecule has 0 aliphatic rings. The molecule has 0 aliphatic heterocycles. The van der Waals surface area contributed by atoms with Gasteiger partial charge in [-0.25, -0.2) is 0 Å². The summed E-state index contributed by atoms with van der Waals surface area (Å²) in [5, 5.41) is 10.5. The summed E-state index contributed by atoms with van der Waals surface area (Å²) < 4.78 is 11.2. The second kappa shape index (κ2) is 9.03. The van der Waals surface area contributed by atoms with E-state index in [2.05, 4.69) is 6.92 Å². The van der Waals surface area contributed by atoms with Gasteiger partial charge in [-0.15, -0.1) is 0 Å². The maximum atomic E-state index is 11.2. The smallest absolute Gasteiger partial charge is 0.507 e. The summed E-state index contributed by atoms with van der Waals surface area (Å²) in [6.07, 6.45) is -0.306. The number of phenols is 1. The first-order valence-corrected chi connectivity index (χ1v) is 9.14. The van der Waals surface area contributed by atoms with Gasteiger partial charge >= 0.3 is 37.2 Å². The minimum absolute atomic E-state index is 0. The van der Waals surface area contributed by atoms with Crippen molar-refractivity contribution in [3.8, 4) is 5.75 Å². The molecule has 0 spiro atoms. The number of rotatable bonds is 2. The fourth-order valence-electron chi connectivity index (χ4n) is 2.17. The van der Waals surface area contributed by atoms with Crippen LogP contribution >= 0.6 is 7.60 Å². The van der Waals surface area contributed by atoms with E-state index < -0.39 is 7.60 Å².